The maximum Gasteiger partial charge on any atom is 0.253 e. The van der Waals surface area contributed by atoms with Gasteiger partial charge in [-0.05, 0) is 61.9 Å². The molecule has 1 amide bonds. The average Bonchev–Trinajstić information content (AvgIpc) is 3.36. The molecule has 1 aliphatic heterocycles. The quantitative estimate of drug-likeness (QED) is 0.559. The van der Waals surface area contributed by atoms with E-state index >= 15 is 0 Å². The van der Waals surface area contributed by atoms with E-state index in [1.165, 1.54) is 10.4 Å². The molecule has 4 rings (SSSR count). The van der Waals surface area contributed by atoms with Crippen molar-refractivity contribution in [3.63, 3.8) is 0 Å². The number of carbonyl (C=O) groups is 1. The third kappa shape index (κ3) is 4.34. The maximum atomic E-state index is 13.1. The normalized spacial score (nSPS) is 15.8. The molecule has 0 unspecified atom stereocenters. The zero-order valence-electron chi connectivity index (χ0n) is 17.4. The van der Waals surface area contributed by atoms with Gasteiger partial charge in [-0.25, -0.2) is 0 Å². The molecular formula is C24H27ClN2O2S. The molecule has 0 spiro atoms. The van der Waals surface area contributed by atoms with Crippen LogP contribution in [0, 0.1) is 13.8 Å². The Kier molecular flexibility index (Phi) is 6.32. The number of rotatable bonds is 6. The third-order valence-corrected chi connectivity index (χ3v) is 7.28. The fourth-order valence-corrected chi connectivity index (χ4v) is 5.21. The lowest BCUT2D eigenvalue weighted by atomic mass is 9.74. The Bertz CT molecular complexity index is 1020. The molecule has 3 aromatic rings. The van der Waals surface area contributed by atoms with Crippen molar-refractivity contribution >= 4 is 28.8 Å². The molecule has 1 aliphatic rings. The lowest BCUT2D eigenvalue weighted by Gasteiger charge is -2.38. The second kappa shape index (κ2) is 8.96. The van der Waals surface area contributed by atoms with Gasteiger partial charge in [-0.3, -0.25) is 4.79 Å². The predicted octanol–water partition coefficient (Wildman–Crippen LogP) is 5.35. The second-order valence-corrected chi connectivity index (χ2v) is 9.50. The van der Waals surface area contributed by atoms with Crippen molar-refractivity contribution in [3.8, 4) is 0 Å². The second-order valence-electron chi connectivity index (χ2n) is 8.04. The molecule has 0 radical (unpaired) electrons. The summed E-state index contributed by atoms with van der Waals surface area (Å²) in [5, 5.41) is 6.03. The van der Waals surface area contributed by atoms with Crippen LogP contribution in [0.15, 0.2) is 47.8 Å². The Balaban J connectivity index is 1.53. The van der Waals surface area contributed by atoms with Gasteiger partial charge >= 0.3 is 0 Å². The van der Waals surface area contributed by atoms with Crippen LogP contribution in [0.2, 0.25) is 5.02 Å². The zero-order valence-corrected chi connectivity index (χ0v) is 19.0. The molecule has 0 aliphatic carbocycles. The minimum atomic E-state index is -0.151. The fourth-order valence-electron chi connectivity index (χ4n) is 4.33. The van der Waals surface area contributed by atoms with Gasteiger partial charge in [0.25, 0.3) is 5.91 Å². The van der Waals surface area contributed by atoms with E-state index in [-0.39, 0.29) is 11.3 Å². The molecule has 3 heterocycles. The monoisotopic (exact) mass is 442 g/mol. The summed E-state index contributed by atoms with van der Waals surface area (Å²) in [6.45, 7) is 6.84. The first-order valence-electron chi connectivity index (χ1n) is 10.3. The summed E-state index contributed by atoms with van der Waals surface area (Å²) in [4.78, 5) is 14.4. The molecule has 1 fully saturated rings. The van der Waals surface area contributed by atoms with Crippen molar-refractivity contribution in [1.82, 2.24) is 9.88 Å². The van der Waals surface area contributed by atoms with Crippen molar-refractivity contribution in [3.05, 3.63) is 80.3 Å². The summed E-state index contributed by atoms with van der Waals surface area (Å²) in [6, 6.07) is 14.2. The van der Waals surface area contributed by atoms with Crippen molar-refractivity contribution in [2.75, 3.05) is 19.8 Å². The van der Waals surface area contributed by atoms with Crippen LogP contribution >= 0.6 is 22.9 Å². The van der Waals surface area contributed by atoms with Crippen molar-refractivity contribution < 1.29 is 9.53 Å². The number of benzene rings is 1. The summed E-state index contributed by atoms with van der Waals surface area (Å²) >= 11 is 8.00. The van der Waals surface area contributed by atoms with E-state index in [1.807, 2.05) is 31.2 Å². The Labute approximate surface area is 186 Å². The molecule has 0 atom stereocenters. The molecule has 2 aromatic heterocycles. The van der Waals surface area contributed by atoms with Gasteiger partial charge in [-0.1, -0.05) is 29.8 Å². The van der Waals surface area contributed by atoms with Gasteiger partial charge in [0.2, 0.25) is 0 Å². The van der Waals surface area contributed by atoms with E-state index in [9.17, 15) is 4.79 Å². The minimum Gasteiger partial charge on any atom is -0.381 e. The summed E-state index contributed by atoms with van der Waals surface area (Å²) in [7, 11) is 0. The number of aromatic nitrogens is 1. The van der Waals surface area contributed by atoms with Crippen molar-refractivity contribution in [2.45, 2.75) is 38.6 Å². The standard InChI is InChI=1S/C24H27ClN2O2S/c1-17-13-22(18(2)27(17)15-21-7-4-12-30-21)23(28)26-16-24(8-10-29-11-9-24)19-5-3-6-20(25)14-19/h3-7,12-14H,8-11,15-16H2,1-2H3,(H,26,28). The molecular weight excluding hydrogens is 416 g/mol. The first-order valence-corrected chi connectivity index (χ1v) is 11.6. The summed E-state index contributed by atoms with van der Waals surface area (Å²) in [5.41, 5.74) is 3.87. The van der Waals surface area contributed by atoms with Gasteiger partial charge in [0.1, 0.15) is 0 Å². The number of nitrogens with zero attached hydrogens (tertiary/aromatic N) is 1. The first kappa shape index (κ1) is 21.2. The Morgan fingerprint density at radius 2 is 2.00 bits per heavy atom. The molecule has 1 N–H and O–H groups in total. The number of aryl methyl sites for hydroxylation is 1. The number of nitrogens with one attached hydrogen (secondary N) is 1. The molecule has 158 valence electrons. The fraction of sp³-hybridized carbons (Fsp3) is 0.375. The van der Waals surface area contributed by atoms with Gasteiger partial charge in [0.05, 0.1) is 12.1 Å². The van der Waals surface area contributed by atoms with Crippen molar-refractivity contribution in [2.24, 2.45) is 0 Å². The lowest BCUT2D eigenvalue weighted by molar-refractivity contribution is 0.0487. The summed E-state index contributed by atoms with van der Waals surface area (Å²) in [6.07, 6.45) is 1.73. The highest BCUT2D eigenvalue weighted by Gasteiger charge is 2.35. The van der Waals surface area contributed by atoms with Crippen LogP contribution in [0.25, 0.3) is 0 Å². The molecule has 30 heavy (non-hydrogen) atoms. The Hall–Kier alpha value is -2.08. The highest BCUT2D eigenvalue weighted by Crippen LogP contribution is 2.35. The molecule has 6 heteroatoms. The zero-order chi connectivity index (χ0) is 21.1. The van der Waals surface area contributed by atoms with Gasteiger partial charge in [-0.15, -0.1) is 11.3 Å². The number of halogens is 1. The number of thiophene rings is 1. The third-order valence-electron chi connectivity index (χ3n) is 6.19. The predicted molar refractivity (Wildman–Crippen MR) is 123 cm³/mol. The summed E-state index contributed by atoms with van der Waals surface area (Å²) in [5.74, 6) is -0.0200. The molecule has 0 bridgehead atoms. The van der Waals surface area contributed by atoms with Gasteiger partial charge in [0, 0.05) is 46.5 Å². The van der Waals surface area contributed by atoms with E-state index in [0.717, 1.165) is 41.4 Å². The van der Waals surface area contributed by atoms with Crippen LogP contribution in [-0.4, -0.2) is 30.2 Å². The molecule has 0 saturated carbocycles. The van der Waals surface area contributed by atoms with E-state index < -0.39 is 0 Å². The van der Waals surface area contributed by atoms with Crippen LogP contribution < -0.4 is 5.32 Å². The number of ether oxygens (including phenoxy) is 1. The largest absolute Gasteiger partial charge is 0.381 e. The molecule has 4 nitrogen and oxygen atoms in total. The van der Waals surface area contributed by atoms with Crippen LogP contribution in [0.3, 0.4) is 0 Å². The topological polar surface area (TPSA) is 43.3 Å². The van der Waals surface area contributed by atoms with Crippen LogP contribution in [0.5, 0.6) is 0 Å². The number of amides is 1. The summed E-state index contributed by atoms with van der Waals surface area (Å²) < 4.78 is 7.82. The molecule has 1 saturated heterocycles. The van der Waals surface area contributed by atoms with Gasteiger partial charge in [0.15, 0.2) is 0 Å². The highest BCUT2D eigenvalue weighted by molar-refractivity contribution is 7.09. The van der Waals surface area contributed by atoms with Crippen LogP contribution in [-0.2, 0) is 16.7 Å². The number of carbonyl (C=O) groups excluding carboxylic acids is 1. The van der Waals surface area contributed by atoms with Crippen molar-refractivity contribution in [1.29, 1.82) is 0 Å². The van der Waals surface area contributed by atoms with Crippen LogP contribution in [0.1, 0.15) is 45.0 Å². The Morgan fingerprint density at radius 3 is 2.70 bits per heavy atom. The van der Waals surface area contributed by atoms with E-state index in [0.29, 0.717) is 19.8 Å². The molecule has 1 aromatic carbocycles. The maximum absolute atomic E-state index is 13.1. The van der Waals surface area contributed by atoms with E-state index in [4.69, 9.17) is 16.3 Å². The first-order chi connectivity index (χ1) is 14.5. The highest BCUT2D eigenvalue weighted by atomic mass is 35.5. The number of hydrogen-bond donors (Lipinski definition) is 1. The lowest BCUT2D eigenvalue weighted by Crippen LogP contribution is -2.44. The SMILES string of the molecule is Cc1cc(C(=O)NCC2(c3cccc(Cl)c3)CCOCC2)c(C)n1Cc1cccs1. The Morgan fingerprint density at radius 1 is 1.20 bits per heavy atom. The number of hydrogen-bond acceptors (Lipinski definition) is 3. The smallest absolute Gasteiger partial charge is 0.253 e. The minimum absolute atomic E-state index is 0.0200. The van der Waals surface area contributed by atoms with Gasteiger partial charge < -0.3 is 14.6 Å². The van der Waals surface area contributed by atoms with E-state index in [2.05, 4.69) is 40.4 Å². The van der Waals surface area contributed by atoms with Crippen LogP contribution in [0.4, 0.5) is 0 Å². The van der Waals surface area contributed by atoms with E-state index in [1.54, 1.807) is 11.3 Å². The van der Waals surface area contributed by atoms with Gasteiger partial charge in [-0.2, -0.15) is 0 Å². The average molecular weight is 443 g/mol.